The van der Waals surface area contributed by atoms with Crippen LogP contribution >= 0.6 is 0 Å². The smallest absolute Gasteiger partial charge is 0.226 e. The quantitative estimate of drug-likeness (QED) is 0.0381. The van der Waals surface area contributed by atoms with Crippen LogP contribution in [0.15, 0.2) is 4.99 Å². The van der Waals surface area contributed by atoms with E-state index in [-0.39, 0.29) is 23.6 Å². The van der Waals surface area contributed by atoms with E-state index in [1.165, 1.54) is 161 Å². The van der Waals surface area contributed by atoms with Gasteiger partial charge in [0.1, 0.15) is 5.78 Å². The van der Waals surface area contributed by atoms with E-state index in [1.54, 1.807) is 0 Å². The van der Waals surface area contributed by atoms with Gasteiger partial charge >= 0.3 is 0 Å². The number of amides is 1. The lowest BCUT2D eigenvalue weighted by Crippen LogP contribution is -2.38. The summed E-state index contributed by atoms with van der Waals surface area (Å²) < 4.78 is 0. The molecule has 0 radical (unpaired) electrons. The highest BCUT2D eigenvalue weighted by Gasteiger charge is 2.26. The molecule has 0 aromatic rings. The summed E-state index contributed by atoms with van der Waals surface area (Å²) in [7, 11) is 0. The van der Waals surface area contributed by atoms with Gasteiger partial charge in [-0.3, -0.25) is 14.6 Å². The Balaban J connectivity index is 4.38. The second kappa shape index (κ2) is 37.7. The standard InChI is InChI=1S/C43H86N4O2/c1-4-7-10-13-14-15-16-17-18-19-20-21-22-23-24-25-26-27-30-35-41(48)39-40(34-33-36-46-43(44)45)42(49)47(37-31-28-11-8-5-2)38-32-29-12-9-6-3/h40H,4-39H2,1-3H3,(H4,44,45,46)/t40-/m1/s1. The molecule has 290 valence electrons. The van der Waals surface area contributed by atoms with Crippen molar-refractivity contribution in [2.45, 2.75) is 233 Å². The van der Waals surface area contributed by atoms with Gasteiger partial charge in [0.15, 0.2) is 5.96 Å². The average Bonchev–Trinajstić information content (AvgIpc) is 3.09. The predicted molar refractivity (Wildman–Crippen MR) is 215 cm³/mol. The molecule has 49 heavy (non-hydrogen) atoms. The second-order valence-electron chi connectivity index (χ2n) is 15.2. The molecular weight excluding hydrogens is 604 g/mol. The third-order valence-electron chi connectivity index (χ3n) is 10.3. The van der Waals surface area contributed by atoms with E-state index in [2.05, 4.69) is 30.7 Å². The van der Waals surface area contributed by atoms with Gasteiger partial charge in [-0.25, -0.2) is 0 Å². The van der Waals surface area contributed by atoms with Crippen LogP contribution in [0.3, 0.4) is 0 Å². The minimum Gasteiger partial charge on any atom is -0.370 e. The summed E-state index contributed by atoms with van der Waals surface area (Å²) in [6.45, 7) is 8.89. The van der Waals surface area contributed by atoms with E-state index in [1.807, 2.05) is 0 Å². The summed E-state index contributed by atoms with van der Waals surface area (Å²) >= 11 is 0. The highest BCUT2D eigenvalue weighted by molar-refractivity contribution is 5.86. The zero-order valence-corrected chi connectivity index (χ0v) is 33.4. The van der Waals surface area contributed by atoms with Crippen molar-refractivity contribution < 1.29 is 9.59 Å². The van der Waals surface area contributed by atoms with Crippen molar-refractivity contribution in [1.29, 1.82) is 0 Å². The Morgan fingerprint density at radius 1 is 0.490 bits per heavy atom. The van der Waals surface area contributed by atoms with Crippen molar-refractivity contribution in [2.75, 3.05) is 19.6 Å². The summed E-state index contributed by atoms with van der Waals surface area (Å²) in [6, 6.07) is 0. The lowest BCUT2D eigenvalue weighted by atomic mass is 9.93. The zero-order chi connectivity index (χ0) is 36.0. The SMILES string of the molecule is CCCCCCCCCCCCCCCCCCCCCC(=O)C[C@@H](CCCN=C(N)N)C(=O)N(CCCCCCC)CCCCCCC. The molecule has 1 amide bonds. The van der Waals surface area contributed by atoms with E-state index < -0.39 is 0 Å². The molecule has 0 saturated carbocycles. The fraction of sp³-hybridized carbons (Fsp3) is 0.930. The molecule has 0 bridgehead atoms. The lowest BCUT2D eigenvalue weighted by molar-refractivity contribution is -0.138. The Bertz CT molecular complexity index is 738. The molecule has 0 aromatic heterocycles. The summed E-state index contributed by atoms with van der Waals surface area (Å²) in [5.41, 5.74) is 11.1. The van der Waals surface area contributed by atoms with Crippen LogP contribution < -0.4 is 11.5 Å². The van der Waals surface area contributed by atoms with Crippen molar-refractivity contribution in [3.63, 3.8) is 0 Å². The molecule has 0 saturated heterocycles. The largest absolute Gasteiger partial charge is 0.370 e. The van der Waals surface area contributed by atoms with E-state index in [9.17, 15) is 9.59 Å². The first-order chi connectivity index (χ1) is 24.0. The van der Waals surface area contributed by atoms with Crippen molar-refractivity contribution in [1.82, 2.24) is 4.90 Å². The molecule has 6 heteroatoms. The first-order valence-electron chi connectivity index (χ1n) is 21.8. The number of rotatable bonds is 39. The van der Waals surface area contributed by atoms with Crippen LogP contribution in [0.1, 0.15) is 233 Å². The summed E-state index contributed by atoms with van der Waals surface area (Å²) in [4.78, 5) is 33.2. The molecule has 0 heterocycles. The number of hydrogen-bond donors (Lipinski definition) is 2. The Kier molecular flexibility index (Phi) is 36.4. The molecule has 0 aliphatic rings. The van der Waals surface area contributed by atoms with Gasteiger partial charge in [0, 0.05) is 38.4 Å². The van der Waals surface area contributed by atoms with Crippen molar-refractivity contribution in [2.24, 2.45) is 22.4 Å². The number of ketones is 1. The summed E-state index contributed by atoms with van der Waals surface area (Å²) in [5.74, 6) is 0.257. The molecule has 0 fully saturated rings. The maximum absolute atomic E-state index is 13.9. The zero-order valence-electron chi connectivity index (χ0n) is 33.4. The molecule has 0 unspecified atom stereocenters. The Hall–Kier alpha value is -1.59. The number of Topliss-reactive ketones (excluding diaryl/α,β-unsaturated/α-hetero) is 1. The first kappa shape index (κ1) is 47.4. The third-order valence-corrected chi connectivity index (χ3v) is 10.3. The van der Waals surface area contributed by atoms with Gasteiger partial charge in [-0.2, -0.15) is 0 Å². The normalized spacial score (nSPS) is 11.9. The molecule has 0 rings (SSSR count). The van der Waals surface area contributed by atoms with Crippen LogP contribution in [0.5, 0.6) is 0 Å². The van der Waals surface area contributed by atoms with Gasteiger partial charge in [-0.05, 0) is 32.1 Å². The lowest BCUT2D eigenvalue weighted by Gasteiger charge is -2.28. The van der Waals surface area contributed by atoms with Gasteiger partial charge in [-0.15, -0.1) is 0 Å². The van der Waals surface area contributed by atoms with Crippen LogP contribution in [-0.2, 0) is 9.59 Å². The molecule has 0 aliphatic carbocycles. The van der Waals surface area contributed by atoms with Gasteiger partial charge in [0.2, 0.25) is 5.91 Å². The van der Waals surface area contributed by atoms with Crippen LogP contribution in [0, 0.1) is 5.92 Å². The second-order valence-corrected chi connectivity index (χ2v) is 15.2. The molecule has 6 nitrogen and oxygen atoms in total. The highest BCUT2D eigenvalue weighted by atomic mass is 16.2. The maximum Gasteiger partial charge on any atom is 0.226 e. The first-order valence-corrected chi connectivity index (χ1v) is 21.8. The minimum absolute atomic E-state index is 0.0871. The van der Waals surface area contributed by atoms with Gasteiger partial charge in [-0.1, -0.05) is 188 Å². The number of nitrogens with two attached hydrogens (primary N) is 2. The monoisotopic (exact) mass is 691 g/mol. The van der Waals surface area contributed by atoms with Crippen LogP contribution in [0.2, 0.25) is 0 Å². The number of carbonyl (C=O) groups is 2. The predicted octanol–water partition coefficient (Wildman–Crippen LogP) is 12.2. The molecule has 1 atom stereocenters. The van der Waals surface area contributed by atoms with Crippen LogP contribution in [0.25, 0.3) is 0 Å². The Morgan fingerprint density at radius 3 is 1.20 bits per heavy atom. The number of aliphatic imine (C=N–C) groups is 1. The number of guanidine groups is 1. The maximum atomic E-state index is 13.9. The summed E-state index contributed by atoms with van der Waals surface area (Å²) in [6.07, 6.45) is 39.9. The topological polar surface area (TPSA) is 102 Å². The molecule has 0 spiro atoms. The third kappa shape index (κ3) is 33.3. The van der Waals surface area contributed by atoms with Crippen molar-refractivity contribution in [3.05, 3.63) is 0 Å². The number of hydrogen-bond acceptors (Lipinski definition) is 3. The Morgan fingerprint density at radius 2 is 0.837 bits per heavy atom. The van der Waals surface area contributed by atoms with Crippen molar-refractivity contribution in [3.8, 4) is 0 Å². The van der Waals surface area contributed by atoms with Crippen LogP contribution in [0.4, 0.5) is 0 Å². The van der Waals surface area contributed by atoms with E-state index >= 15 is 0 Å². The molecule has 0 aliphatic heterocycles. The molecule has 0 aromatic carbocycles. The number of nitrogens with zero attached hydrogens (tertiary/aromatic N) is 2. The number of unbranched alkanes of at least 4 members (excludes halogenated alkanes) is 26. The fourth-order valence-electron chi connectivity index (χ4n) is 7.04. The average molecular weight is 691 g/mol. The van der Waals surface area contributed by atoms with Crippen molar-refractivity contribution >= 4 is 17.6 Å². The van der Waals surface area contributed by atoms with E-state index in [0.717, 1.165) is 45.2 Å². The minimum atomic E-state index is -0.256. The van der Waals surface area contributed by atoms with Gasteiger partial charge in [0.25, 0.3) is 0 Å². The number of carbonyl (C=O) groups excluding carboxylic acids is 2. The molecular formula is C43H86N4O2. The highest BCUT2D eigenvalue weighted by Crippen LogP contribution is 2.21. The van der Waals surface area contributed by atoms with E-state index in [0.29, 0.717) is 25.8 Å². The fourth-order valence-corrected chi connectivity index (χ4v) is 7.04. The van der Waals surface area contributed by atoms with Crippen LogP contribution in [-0.4, -0.2) is 42.2 Å². The summed E-state index contributed by atoms with van der Waals surface area (Å²) in [5, 5.41) is 0. The van der Waals surface area contributed by atoms with Gasteiger partial charge < -0.3 is 16.4 Å². The van der Waals surface area contributed by atoms with Gasteiger partial charge in [0.05, 0.1) is 0 Å². The Labute approximate surface area is 306 Å². The molecule has 4 N–H and O–H groups in total. The van der Waals surface area contributed by atoms with E-state index in [4.69, 9.17) is 11.5 Å².